The van der Waals surface area contributed by atoms with Gasteiger partial charge in [0.1, 0.15) is 5.75 Å². The lowest BCUT2D eigenvalue weighted by Gasteiger charge is -2.17. The maximum atomic E-state index is 10.4. The molecule has 18 heavy (non-hydrogen) atoms. The zero-order valence-electron chi connectivity index (χ0n) is 12.1. The van der Waals surface area contributed by atoms with Crippen molar-refractivity contribution in [3.05, 3.63) is 53.1 Å². The van der Waals surface area contributed by atoms with E-state index in [2.05, 4.69) is 45.1 Å². The van der Waals surface area contributed by atoms with Gasteiger partial charge in [0.15, 0.2) is 0 Å². The van der Waals surface area contributed by atoms with Gasteiger partial charge >= 0.3 is 0 Å². The maximum Gasteiger partial charge on any atom is 0.123 e. The Morgan fingerprint density at radius 3 is 1.67 bits per heavy atom. The average molecular weight is 244 g/mol. The molecule has 1 N–H and O–H groups in total. The molecule has 0 aliphatic carbocycles. The smallest absolute Gasteiger partial charge is 0.123 e. The SMILES string of the molecule is CC=CC(C)c1cc(C)cc(C(C)C=CC)c1O. The quantitative estimate of drug-likeness (QED) is 0.734. The van der Waals surface area contributed by atoms with Crippen molar-refractivity contribution in [2.75, 3.05) is 0 Å². The first-order valence-electron chi connectivity index (χ1n) is 6.60. The number of rotatable bonds is 4. The first-order chi connectivity index (χ1) is 8.51. The van der Waals surface area contributed by atoms with Crippen molar-refractivity contribution in [3.8, 4) is 5.75 Å². The fourth-order valence-electron chi connectivity index (χ4n) is 2.31. The van der Waals surface area contributed by atoms with Crippen LogP contribution in [0, 0.1) is 6.92 Å². The predicted molar refractivity (Wildman–Crippen MR) is 79.3 cm³/mol. The van der Waals surface area contributed by atoms with Gasteiger partial charge in [-0.2, -0.15) is 0 Å². The van der Waals surface area contributed by atoms with Crippen LogP contribution in [-0.2, 0) is 0 Å². The van der Waals surface area contributed by atoms with E-state index in [1.165, 1.54) is 5.56 Å². The fraction of sp³-hybridized carbons (Fsp3) is 0.412. The number of hydrogen-bond acceptors (Lipinski definition) is 1. The zero-order valence-corrected chi connectivity index (χ0v) is 12.1. The molecule has 2 atom stereocenters. The van der Waals surface area contributed by atoms with Crippen LogP contribution in [0.5, 0.6) is 5.75 Å². The lowest BCUT2D eigenvalue weighted by molar-refractivity contribution is 0.458. The Morgan fingerprint density at radius 2 is 1.33 bits per heavy atom. The minimum absolute atomic E-state index is 0.242. The molecule has 0 amide bonds. The average Bonchev–Trinajstić information content (AvgIpc) is 2.32. The zero-order chi connectivity index (χ0) is 13.7. The molecule has 0 saturated heterocycles. The van der Waals surface area contributed by atoms with Crippen LogP contribution < -0.4 is 0 Å². The highest BCUT2D eigenvalue weighted by molar-refractivity contribution is 5.48. The molecule has 0 aliphatic rings. The molecule has 1 aromatic rings. The molecular formula is C17H24O. The largest absolute Gasteiger partial charge is 0.507 e. The summed E-state index contributed by atoms with van der Waals surface area (Å²) in [6, 6.07) is 4.15. The van der Waals surface area contributed by atoms with Crippen LogP contribution in [0.25, 0.3) is 0 Å². The van der Waals surface area contributed by atoms with Crippen molar-refractivity contribution >= 4 is 0 Å². The number of allylic oxidation sites excluding steroid dienone is 4. The summed E-state index contributed by atoms with van der Waals surface area (Å²) in [6.45, 7) is 10.3. The summed E-state index contributed by atoms with van der Waals surface area (Å²) >= 11 is 0. The lowest BCUT2D eigenvalue weighted by atomic mass is 9.90. The van der Waals surface area contributed by atoms with Crippen molar-refractivity contribution in [1.82, 2.24) is 0 Å². The molecule has 1 heteroatoms. The Morgan fingerprint density at radius 1 is 0.944 bits per heavy atom. The van der Waals surface area contributed by atoms with Gasteiger partial charge in [0, 0.05) is 23.0 Å². The summed E-state index contributed by atoms with van der Waals surface area (Å²) in [5, 5.41) is 10.4. The molecule has 0 bridgehead atoms. The molecule has 1 rings (SSSR count). The van der Waals surface area contributed by atoms with E-state index in [4.69, 9.17) is 0 Å². The van der Waals surface area contributed by atoms with Gasteiger partial charge in [-0.1, -0.05) is 55.8 Å². The third kappa shape index (κ3) is 3.25. The summed E-state index contributed by atoms with van der Waals surface area (Å²) in [6.07, 6.45) is 8.28. The summed E-state index contributed by atoms with van der Waals surface area (Å²) in [5.74, 6) is 0.926. The van der Waals surface area contributed by atoms with Crippen molar-refractivity contribution < 1.29 is 5.11 Å². The summed E-state index contributed by atoms with van der Waals surface area (Å²) in [4.78, 5) is 0. The third-order valence-corrected chi connectivity index (χ3v) is 3.26. The van der Waals surface area contributed by atoms with E-state index in [0.717, 1.165) is 11.1 Å². The number of aromatic hydroxyl groups is 1. The molecule has 1 aromatic carbocycles. The van der Waals surface area contributed by atoms with Crippen LogP contribution in [-0.4, -0.2) is 5.11 Å². The number of benzene rings is 1. The molecule has 0 heterocycles. The number of hydrogen-bond donors (Lipinski definition) is 1. The molecule has 0 aromatic heterocycles. The van der Waals surface area contributed by atoms with E-state index in [9.17, 15) is 5.11 Å². The second-order valence-corrected chi connectivity index (χ2v) is 4.92. The van der Waals surface area contributed by atoms with Crippen LogP contribution in [0.4, 0.5) is 0 Å². The molecule has 2 unspecified atom stereocenters. The van der Waals surface area contributed by atoms with Crippen LogP contribution >= 0.6 is 0 Å². The minimum atomic E-state index is 0.242. The van der Waals surface area contributed by atoms with Crippen molar-refractivity contribution in [2.24, 2.45) is 0 Å². The number of phenols is 1. The summed E-state index contributed by atoms with van der Waals surface area (Å²) < 4.78 is 0. The van der Waals surface area contributed by atoms with Gasteiger partial charge in [0.2, 0.25) is 0 Å². The molecule has 0 fully saturated rings. The fourth-order valence-corrected chi connectivity index (χ4v) is 2.31. The summed E-state index contributed by atoms with van der Waals surface area (Å²) in [7, 11) is 0. The van der Waals surface area contributed by atoms with Crippen molar-refractivity contribution in [1.29, 1.82) is 0 Å². The van der Waals surface area contributed by atoms with Crippen LogP contribution in [0.15, 0.2) is 36.4 Å². The van der Waals surface area contributed by atoms with Gasteiger partial charge in [0.25, 0.3) is 0 Å². The maximum absolute atomic E-state index is 10.4. The monoisotopic (exact) mass is 244 g/mol. The third-order valence-electron chi connectivity index (χ3n) is 3.26. The molecule has 98 valence electrons. The highest BCUT2D eigenvalue weighted by atomic mass is 16.3. The highest BCUT2D eigenvalue weighted by Crippen LogP contribution is 2.35. The van der Waals surface area contributed by atoms with E-state index in [0.29, 0.717) is 5.75 Å². The second-order valence-electron chi connectivity index (χ2n) is 4.92. The van der Waals surface area contributed by atoms with Crippen LogP contribution in [0.3, 0.4) is 0 Å². The molecule has 0 spiro atoms. The Bertz CT molecular complexity index is 416. The van der Waals surface area contributed by atoms with Gasteiger partial charge in [-0.25, -0.2) is 0 Å². The van der Waals surface area contributed by atoms with Crippen LogP contribution in [0.1, 0.15) is 56.2 Å². The highest BCUT2D eigenvalue weighted by Gasteiger charge is 2.15. The van der Waals surface area contributed by atoms with Crippen LogP contribution in [0.2, 0.25) is 0 Å². The Hall–Kier alpha value is -1.50. The lowest BCUT2D eigenvalue weighted by Crippen LogP contribution is -1.98. The molecule has 0 radical (unpaired) electrons. The molecule has 0 aliphatic heterocycles. The second kappa shape index (κ2) is 6.44. The topological polar surface area (TPSA) is 20.2 Å². The molecule has 1 nitrogen and oxygen atoms in total. The van der Waals surface area contributed by atoms with E-state index >= 15 is 0 Å². The molecular weight excluding hydrogens is 220 g/mol. The first kappa shape index (κ1) is 14.6. The number of phenolic OH excluding ortho intramolecular Hbond substituents is 1. The van der Waals surface area contributed by atoms with Crippen molar-refractivity contribution in [2.45, 2.75) is 46.5 Å². The minimum Gasteiger partial charge on any atom is -0.507 e. The van der Waals surface area contributed by atoms with Gasteiger partial charge < -0.3 is 5.11 Å². The molecule has 0 saturated carbocycles. The first-order valence-corrected chi connectivity index (χ1v) is 6.60. The standard InChI is InChI=1S/C17H24O/c1-6-8-13(4)15-10-12(3)11-16(17(15)18)14(5)9-7-2/h6-11,13-14,18H,1-5H3. The van der Waals surface area contributed by atoms with Gasteiger partial charge in [-0.15, -0.1) is 0 Å². The van der Waals surface area contributed by atoms with Gasteiger partial charge in [0.05, 0.1) is 0 Å². The summed E-state index contributed by atoms with van der Waals surface area (Å²) in [5.41, 5.74) is 3.23. The Labute approximate surface area is 111 Å². The van der Waals surface area contributed by atoms with Crippen molar-refractivity contribution in [3.63, 3.8) is 0 Å². The van der Waals surface area contributed by atoms with Gasteiger partial charge in [-0.05, 0) is 20.8 Å². The normalized spacial score (nSPS) is 15.4. The van der Waals surface area contributed by atoms with E-state index in [1.54, 1.807) is 0 Å². The van der Waals surface area contributed by atoms with Gasteiger partial charge in [-0.3, -0.25) is 0 Å². The number of aryl methyl sites for hydroxylation is 1. The van der Waals surface area contributed by atoms with E-state index in [-0.39, 0.29) is 11.8 Å². The van der Waals surface area contributed by atoms with E-state index in [1.807, 2.05) is 26.0 Å². The predicted octanol–water partition coefficient (Wildman–Crippen LogP) is 5.06. The Balaban J connectivity index is 3.30. The Kier molecular flexibility index (Phi) is 5.21. The van der Waals surface area contributed by atoms with E-state index < -0.39 is 0 Å².